The summed E-state index contributed by atoms with van der Waals surface area (Å²) in [5.74, 6) is -0.201. The van der Waals surface area contributed by atoms with Crippen molar-refractivity contribution in [3.8, 4) is 0 Å². The molecule has 1 aromatic heterocycles. The molecule has 4 atom stereocenters. The lowest BCUT2D eigenvalue weighted by atomic mass is 9.71. The van der Waals surface area contributed by atoms with E-state index in [0.29, 0.717) is 23.3 Å². The molecule has 3 fully saturated rings. The molecule has 5 heteroatoms. The number of carbonyl (C=O) groups is 1. The largest absolute Gasteiger partial charge is 0.350 e. The zero-order chi connectivity index (χ0) is 18.1. The summed E-state index contributed by atoms with van der Waals surface area (Å²) in [5.41, 5.74) is 1.46. The number of piperidine rings is 1. The van der Waals surface area contributed by atoms with E-state index in [-0.39, 0.29) is 23.2 Å². The number of amides is 1. The minimum Gasteiger partial charge on any atom is -0.350 e. The van der Waals surface area contributed by atoms with Crippen molar-refractivity contribution >= 4 is 16.8 Å². The van der Waals surface area contributed by atoms with Crippen molar-refractivity contribution in [2.24, 2.45) is 5.41 Å². The van der Waals surface area contributed by atoms with Gasteiger partial charge in [0, 0.05) is 41.0 Å². The predicted octanol–water partition coefficient (Wildman–Crippen LogP) is 3.78. The van der Waals surface area contributed by atoms with Crippen molar-refractivity contribution in [2.45, 2.75) is 57.2 Å². The van der Waals surface area contributed by atoms with Crippen molar-refractivity contribution < 1.29 is 9.18 Å². The number of halogens is 1. The number of nitrogens with one attached hydrogen (secondary N) is 1. The van der Waals surface area contributed by atoms with Gasteiger partial charge in [-0.3, -0.25) is 4.79 Å². The molecule has 1 saturated carbocycles. The average Bonchev–Trinajstić information content (AvgIpc) is 3.05. The standard InChI is InChI=1S/C21H26FN3O/c1-21-11-15-12-24(2)18(21)5-3-4-6-19(21)25(15)20(26)17-9-13-7-8-14(22)10-16(13)23-17/h7-10,15,18-19,23H,3-6,11-12H2,1-2H3/t15-,18+,19-,21+/m0/s1. The van der Waals surface area contributed by atoms with Crippen molar-refractivity contribution in [3.63, 3.8) is 0 Å². The van der Waals surface area contributed by atoms with Crippen LogP contribution >= 0.6 is 0 Å². The molecule has 138 valence electrons. The molecule has 2 bridgehead atoms. The molecule has 5 rings (SSSR count). The van der Waals surface area contributed by atoms with E-state index >= 15 is 0 Å². The number of aromatic amines is 1. The molecule has 3 heterocycles. The van der Waals surface area contributed by atoms with Crippen LogP contribution < -0.4 is 0 Å². The highest BCUT2D eigenvalue weighted by Gasteiger charge is 2.59. The van der Waals surface area contributed by atoms with Gasteiger partial charge in [-0.1, -0.05) is 19.8 Å². The van der Waals surface area contributed by atoms with E-state index in [9.17, 15) is 9.18 Å². The van der Waals surface area contributed by atoms with E-state index in [1.54, 1.807) is 6.07 Å². The number of benzene rings is 1. The van der Waals surface area contributed by atoms with Gasteiger partial charge < -0.3 is 14.8 Å². The normalized spacial score (nSPS) is 34.3. The molecule has 0 radical (unpaired) electrons. The Hall–Kier alpha value is -1.88. The number of fused-ring (bicyclic) bond motifs is 2. The minimum absolute atomic E-state index is 0.0799. The minimum atomic E-state index is -0.281. The Kier molecular flexibility index (Phi) is 3.48. The molecule has 2 aliphatic heterocycles. The number of hydrogen-bond donors (Lipinski definition) is 1. The van der Waals surface area contributed by atoms with E-state index in [0.717, 1.165) is 24.8 Å². The van der Waals surface area contributed by atoms with Crippen molar-refractivity contribution in [3.05, 3.63) is 35.8 Å². The molecule has 3 aliphatic rings. The molecule has 2 saturated heterocycles. The average molecular weight is 355 g/mol. The molecular weight excluding hydrogens is 329 g/mol. The second kappa shape index (κ2) is 5.56. The second-order valence-electron chi connectivity index (χ2n) is 8.75. The Bertz CT molecular complexity index is 877. The van der Waals surface area contributed by atoms with Crippen molar-refractivity contribution in [2.75, 3.05) is 13.6 Å². The molecule has 4 nitrogen and oxygen atoms in total. The maximum Gasteiger partial charge on any atom is 0.270 e. The highest BCUT2D eigenvalue weighted by atomic mass is 19.1. The quantitative estimate of drug-likeness (QED) is 0.845. The third-order valence-electron chi connectivity index (χ3n) is 7.21. The van der Waals surface area contributed by atoms with Gasteiger partial charge in [-0.05, 0) is 50.6 Å². The summed E-state index contributed by atoms with van der Waals surface area (Å²) in [7, 11) is 2.22. The third kappa shape index (κ3) is 2.19. The molecule has 26 heavy (non-hydrogen) atoms. The summed E-state index contributed by atoms with van der Waals surface area (Å²) in [5, 5.41) is 0.888. The number of carbonyl (C=O) groups excluding carboxylic acids is 1. The van der Waals surface area contributed by atoms with E-state index in [1.165, 1.54) is 31.4 Å². The fourth-order valence-corrected chi connectivity index (χ4v) is 6.14. The maximum absolute atomic E-state index is 13.5. The summed E-state index contributed by atoms with van der Waals surface area (Å²) in [6, 6.07) is 7.67. The first kappa shape index (κ1) is 16.3. The number of aromatic nitrogens is 1. The van der Waals surface area contributed by atoms with Gasteiger partial charge in [0.15, 0.2) is 0 Å². The van der Waals surface area contributed by atoms with Gasteiger partial charge in [-0.2, -0.15) is 0 Å². The smallest absolute Gasteiger partial charge is 0.270 e. The molecule has 1 N–H and O–H groups in total. The number of likely N-dealkylation sites (tertiary alicyclic amines) is 2. The van der Waals surface area contributed by atoms with E-state index in [4.69, 9.17) is 0 Å². The van der Waals surface area contributed by atoms with Crippen LogP contribution in [0.5, 0.6) is 0 Å². The molecule has 0 spiro atoms. The van der Waals surface area contributed by atoms with Crippen LogP contribution in [0.3, 0.4) is 0 Å². The highest BCUT2D eigenvalue weighted by Crippen LogP contribution is 2.53. The highest BCUT2D eigenvalue weighted by molar-refractivity contribution is 5.98. The maximum atomic E-state index is 13.5. The second-order valence-corrected chi connectivity index (χ2v) is 8.75. The number of nitrogens with zero attached hydrogens (tertiary/aromatic N) is 2. The molecule has 1 amide bonds. The topological polar surface area (TPSA) is 39.3 Å². The monoisotopic (exact) mass is 355 g/mol. The Morgan fingerprint density at radius 3 is 2.81 bits per heavy atom. The third-order valence-corrected chi connectivity index (χ3v) is 7.21. The van der Waals surface area contributed by atoms with Gasteiger partial charge in [0.05, 0.1) is 0 Å². The lowest BCUT2D eigenvalue weighted by Gasteiger charge is -2.44. The van der Waals surface area contributed by atoms with Gasteiger partial charge in [-0.25, -0.2) is 4.39 Å². The molecular formula is C21H26FN3O. The fraction of sp³-hybridized carbons (Fsp3) is 0.571. The van der Waals surface area contributed by atoms with Crippen LogP contribution in [-0.4, -0.2) is 52.4 Å². The Morgan fingerprint density at radius 1 is 1.23 bits per heavy atom. The summed E-state index contributed by atoms with van der Waals surface area (Å²) >= 11 is 0. The zero-order valence-corrected chi connectivity index (χ0v) is 15.5. The lowest BCUT2D eigenvalue weighted by molar-refractivity contribution is 0.0576. The molecule has 2 aromatic rings. The first-order chi connectivity index (χ1) is 12.5. The first-order valence-corrected chi connectivity index (χ1v) is 9.78. The van der Waals surface area contributed by atoms with Crippen LogP contribution in [0.1, 0.15) is 49.5 Å². The van der Waals surface area contributed by atoms with Gasteiger partial charge in [0.2, 0.25) is 0 Å². The summed E-state index contributed by atoms with van der Waals surface area (Å²) in [4.78, 5) is 21.3. The number of likely N-dealkylation sites (N-methyl/N-ethyl adjacent to an activating group) is 1. The van der Waals surface area contributed by atoms with Crippen LogP contribution in [-0.2, 0) is 0 Å². The first-order valence-electron chi connectivity index (χ1n) is 9.78. The van der Waals surface area contributed by atoms with E-state index < -0.39 is 0 Å². The van der Waals surface area contributed by atoms with Crippen LogP contribution in [0.2, 0.25) is 0 Å². The summed E-state index contributed by atoms with van der Waals surface area (Å²) in [6.07, 6.45) is 5.88. The van der Waals surface area contributed by atoms with Gasteiger partial charge in [0.1, 0.15) is 11.5 Å². The Labute approximate surface area is 153 Å². The van der Waals surface area contributed by atoms with E-state index in [2.05, 4.69) is 28.8 Å². The van der Waals surface area contributed by atoms with Crippen molar-refractivity contribution in [1.29, 1.82) is 0 Å². The lowest BCUT2D eigenvalue weighted by Crippen LogP contribution is -2.51. The van der Waals surface area contributed by atoms with Crippen LogP contribution in [0.4, 0.5) is 4.39 Å². The number of rotatable bonds is 1. The van der Waals surface area contributed by atoms with Crippen LogP contribution in [0.25, 0.3) is 10.9 Å². The fourth-order valence-electron chi connectivity index (χ4n) is 6.14. The van der Waals surface area contributed by atoms with Gasteiger partial charge >= 0.3 is 0 Å². The van der Waals surface area contributed by atoms with Crippen molar-refractivity contribution in [1.82, 2.24) is 14.8 Å². The number of hydrogen-bond acceptors (Lipinski definition) is 2. The Morgan fingerprint density at radius 2 is 2.00 bits per heavy atom. The van der Waals surface area contributed by atoms with Crippen LogP contribution in [0.15, 0.2) is 24.3 Å². The van der Waals surface area contributed by atoms with E-state index in [1.807, 2.05) is 6.07 Å². The van der Waals surface area contributed by atoms with Crippen LogP contribution in [0, 0.1) is 11.2 Å². The predicted molar refractivity (Wildman–Crippen MR) is 99.6 cm³/mol. The number of H-pyrrole nitrogens is 1. The van der Waals surface area contributed by atoms with Gasteiger partial charge in [0.25, 0.3) is 5.91 Å². The molecule has 1 aliphatic carbocycles. The van der Waals surface area contributed by atoms with Gasteiger partial charge in [-0.15, -0.1) is 0 Å². The molecule has 1 aromatic carbocycles. The summed E-state index contributed by atoms with van der Waals surface area (Å²) < 4.78 is 13.5. The zero-order valence-electron chi connectivity index (χ0n) is 15.5. The molecule has 0 unspecified atom stereocenters. The SMILES string of the molecule is CN1C[C@@H]2C[C@@]3(C)[C@H](CCCC[C@@H]13)N2C(=O)c1cc2ccc(F)cc2[nH]1. The Balaban J connectivity index is 1.55. The summed E-state index contributed by atoms with van der Waals surface area (Å²) in [6.45, 7) is 3.35.